The number of nitrogens with one attached hydrogen (secondary N) is 3. The molecule has 2 fully saturated rings. The SMILES string of the molecule is CC1=C(c2ccc(OCCc3cn(CCCCCC(=O)Nc4cccc5c4C(=O)N(C4CCC(=O)NC4=O)C5=O)nn3)nc2)CC(NC(=O)c2cccc(C(F)(F)F)c2)(N2CCOCC2)C=N1. The Bertz CT molecular complexity index is 2640. The van der Waals surface area contributed by atoms with Gasteiger partial charge in [-0.15, -0.1) is 5.10 Å². The van der Waals surface area contributed by atoms with Crippen molar-refractivity contribution >= 4 is 52.9 Å². The zero-order valence-electron chi connectivity index (χ0n) is 36.4. The zero-order valence-corrected chi connectivity index (χ0v) is 36.4. The fourth-order valence-electron chi connectivity index (χ4n) is 8.49. The number of piperidine rings is 1. The number of ether oxygens (including phenoxy) is 2. The van der Waals surface area contributed by atoms with Crippen molar-refractivity contribution in [3.63, 3.8) is 0 Å². The molecule has 350 valence electrons. The molecular weight excluding hydrogens is 878 g/mol. The average Bonchev–Trinajstić information content (AvgIpc) is 3.87. The summed E-state index contributed by atoms with van der Waals surface area (Å²) in [4.78, 5) is 88.9. The Morgan fingerprint density at radius 1 is 1.00 bits per heavy atom. The highest BCUT2D eigenvalue weighted by molar-refractivity contribution is 6.26. The molecule has 2 saturated heterocycles. The summed E-state index contributed by atoms with van der Waals surface area (Å²) in [6.07, 6.45) is 3.42. The Hall–Kier alpha value is -7.13. The minimum absolute atomic E-state index is 0.00258. The first-order valence-corrected chi connectivity index (χ1v) is 21.9. The third-order valence-corrected chi connectivity index (χ3v) is 12.0. The number of amides is 6. The second-order valence-electron chi connectivity index (χ2n) is 16.5. The molecule has 2 atom stereocenters. The van der Waals surface area contributed by atoms with E-state index in [4.69, 9.17) is 9.47 Å². The van der Waals surface area contributed by atoms with E-state index in [1.54, 1.807) is 29.2 Å². The number of aliphatic imine (C=N–C) groups is 1. The molecule has 2 aromatic carbocycles. The van der Waals surface area contributed by atoms with Crippen LogP contribution >= 0.6 is 0 Å². The van der Waals surface area contributed by atoms with Gasteiger partial charge in [-0.3, -0.25) is 53.6 Å². The number of pyridine rings is 1. The number of rotatable bonds is 16. The van der Waals surface area contributed by atoms with Crippen molar-refractivity contribution in [1.82, 2.24) is 40.4 Å². The number of carbonyl (C=O) groups excluding carboxylic acids is 6. The van der Waals surface area contributed by atoms with Crippen LogP contribution < -0.4 is 20.7 Å². The first-order valence-electron chi connectivity index (χ1n) is 21.9. The predicted octanol–water partition coefficient (Wildman–Crippen LogP) is 4.58. The highest BCUT2D eigenvalue weighted by atomic mass is 19.4. The number of aromatic nitrogens is 4. The maximum Gasteiger partial charge on any atom is 0.416 e. The number of unbranched alkanes of at least 4 members (excludes halogenated alkanes) is 2. The van der Waals surface area contributed by atoms with E-state index in [2.05, 4.69) is 36.2 Å². The summed E-state index contributed by atoms with van der Waals surface area (Å²) in [5.74, 6) is -3.15. The fourth-order valence-corrected chi connectivity index (χ4v) is 8.49. The van der Waals surface area contributed by atoms with Crippen molar-refractivity contribution in [1.29, 1.82) is 0 Å². The van der Waals surface area contributed by atoms with Crippen molar-refractivity contribution in [2.75, 3.05) is 38.2 Å². The van der Waals surface area contributed by atoms with Crippen LogP contribution in [-0.2, 0) is 38.3 Å². The standard InChI is InChI=1S/C46H47F3N10O8/c1-28-34(24-45(27-51-28,57-18-21-66-22-19-57)54-41(62)29-7-5-8-31(23-29)46(47,48)49)30-12-15-39(50-25-30)67-20-16-32-26-58(56-55-32)17-4-2-3-11-37(60)52-35-10-6-9-33-40(35)44(65)59(43(33)64)36-13-14-38(61)53-42(36)63/h5-10,12,15,23,25-27,36H,2-4,11,13-14,16-22,24H2,1H3,(H,52,60)(H,54,62)(H,53,61,63). The number of halogens is 3. The lowest BCUT2D eigenvalue weighted by Crippen LogP contribution is -2.65. The summed E-state index contributed by atoms with van der Waals surface area (Å²) >= 11 is 0. The van der Waals surface area contributed by atoms with Crippen LogP contribution in [0.3, 0.4) is 0 Å². The molecule has 0 spiro atoms. The van der Waals surface area contributed by atoms with Crippen LogP contribution in [0.2, 0.25) is 0 Å². The van der Waals surface area contributed by atoms with Gasteiger partial charge in [-0.1, -0.05) is 23.8 Å². The average molecular weight is 925 g/mol. The summed E-state index contributed by atoms with van der Waals surface area (Å²) in [5.41, 5.74) is 1.06. The van der Waals surface area contributed by atoms with Crippen molar-refractivity contribution in [3.05, 3.63) is 106 Å². The summed E-state index contributed by atoms with van der Waals surface area (Å²) in [7, 11) is 0. The minimum atomic E-state index is -4.60. The molecule has 2 unspecified atom stereocenters. The van der Waals surface area contributed by atoms with Crippen LogP contribution in [0.5, 0.6) is 5.88 Å². The Balaban J connectivity index is 0.785. The molecule has 0 radical (unpaired) electrons. The lowest BCUT2D eigenvalue weighted by Gasteiger charge is -2.45. The maximum absolute atomic E-state index is 13.5. The van der Waals surface area contributed by atoms with E-state index >= 15 is 0 Å². The molecule has 0 saturated carbocycles. The number of allylic oxidation sites excluding steroid dienone is 1. The highest BCUT2D eigenvalue weighted by Gasteiger charge is 2.46. The Morgan fingerprint density at radius 3 is 2.57 bits per heavy atom. The number of hydrogen-bond acceptors (Lipinski definition) is 13. The number of nitrogens with zero attached hydrogens (tertiary/aromatic N) is 7. The van der Waals surface area contributed by atoms with Crippen LogP contribution in [0, 0.1) is 0 Å². The van der Waals surface area contributed by atoms with Crippen LogP contribution in [0.4, 0.5) is 18.9 Å². The van der Waals surface area contributed by atoms with Gasteiger partial charge in [-0.2, -0.15) is 13.2 Å². The molecule has 4 aliphatic rings. The quantitative estimate of drug-likeness (QED) is 0.104. The number of fused-ring (bicyclic) bond motifs is 1. The number of alkyl halides is 3. The molecule has 0 bridgehead atoms. The van der Waals surface area contributed by atoms with Gasteiger partial charge in [-0.25, -0.2) is 4.98 Å². The normalized spacial score (nSPS) is 19.9. The van der Waals surface area contributed by atoms with Gasteiger partial charge in [0.1, 0.15) is 11.7 Å². The zero-order chi connectivity index (χ0) is 47.3. The molecule has 21 heteroatoms. The molecule has 4 aliphatic heterocycles. The molecule has 6 heterocycles. The predicted molar refractivity (Wildman–Crippen MR) is 233 cm³/mol. The first-order chi connectivity index (χ1) is 32.2. The lowest BCUT2D eigenvalue weighted by molar-refractivity contribution is -0.138. The smallest absolute Gasteiger partial charge is 0.416 e. The summed E-state index contributed by atoms with van der Waals surface area (Å²) < 4.78 is 53.6. The second kappa shape index (κ2) is 19.8. The van der Waals surface area contributed by atoms with Crippen LogP contribution in [0.15, 0.2) is 77.7 Å². The van der Waals surface area contributed by atoms with E-state index < -0.39 is 53.0 Å². The Kier molecular flexibility index (Phi) is 13.7. The van der Waals surface area contributed by atoms with Gasteiger partial charge in [0.2, 0.25) is 23.6 Å². The van der Waals surface area contributed by atoms with Crippen molar-refractivity contribution in [2.24, 2.45) is 4.99 Å². The number of hydrogen-bond donors (Lipinski definition) is 3. The van der Waals surface area contributed by atoms with E-state index in [9.17, 15) is 41.9 Å². The Morgan fingerprint density at radius 2 is 1.81 bits per heavy atom. The molecule has 6 amide bonds. The monoisotopic (exact) mass is 924 g/mol. The van der Waals surface area contributed by atoms with E-state index in [0.29, 0.717) is 75.8 Å². The molecular formula is C46H47F3N10O8. The van der Waals surface area contributed by atoms with Crippen LogP contribution in [0.1, 0.15) is 99.8 Å². The van der Waals surface area contributed by atoms with Gasteiger partial charge in [0.25, 0.3) is 17.7 Å². The molecule has 2 aromatic heterocycles. The number of carbonyl (C=O) groups is 6. The highest BCUT2D eigenvalue weighted by Crippen LogP contribution is 2.36. The van der Waals surface area contributed by atoms with E-state index in [-0.39, 0.29) is 60.6 Å². The maximum atomic E-state index is 13.5. The van der Waals surface area contributed by atoms with Gasteiger partial charge in [-0.05, 0) is 73.7 Å². The molecule has 18 nitrogen and oxygen atoms in total. The van der Waals surface area contributed by atoms with Gasteiger partial charge < -0.3 is 20.1 Å². The number of anilines is 1. The van der Waals surface area contributed by atoms with Gasteiger partial charge in [0.15, 0.2) is 0 Å². The third-order valence-electron chi connectivity index (χ3n) is 12.0. The minimum Gasteiger partial charge on any atom is -0.477 e. The second-order valence-corrected chi connectivity index (χ2v) is 16.5. The summed E-state index contributed by atoms with van der Waals surface area (Å²) in [6.45, 7) is 4.44. The van der Waals surface area contributed by atoms with E-state index in [1.807, 2.05) is 24.1 Å². The number of benzene rings is 2. The lowest BCUT2D eigenvalue weighted by atomic mass is 9.90. The number of morpholine rings is 1. The van der Waals surface area contributed by atoms with E-state index in [1.165, 1.54) is 24.3 Å². The van der Waals surface area contributed by atoms with Crippen LogP contribution in [-0.4, -0.2) is 116 Å². The van der Waals surface area contributed by atoms with E-state index in [0.717, 1.165) is 28.2 Å². The third kappa shape index (κ3) is 10.5. The largest absolute Gasteiger partial charge is 0.477 e. The van der Waals surface area contributed by atoms with Crippen molar-refractivity contribution < 1.29 is 51.4 Å². The topological polar surface area (TPSA) is 219 Å². The van der Waals surface area contributed by atoms with Crippen molar-refractivity contribution in [3.8, 4) is 5.88 Å². The molecule has 0 aliphatic carbocycles. The molecule has 4 aromatic rings. The fraction of sp³-hybridized carbons (Fsp3) is 0.391. The molecule has 3 N–H and O–H groups in total. The van der Waals surface area contributed by atoms with Gasteiger partial charge >= 0.3 is 6.18 Å². The molecule has 8 rings (SSSR count). The Labute approximate surface area is 382 Å². The van der Waals surface area contributed by atoms with Gasteiger partial charge in [0.05, 0.1) is 47.9 Å². The summed E-state index contributed by atoms with van der Waals surface area (Å²) in [5, 5.41) is 16.3. The summed E-state index contributed by atoms with van der Waals surface area (Å²) in [6, 6.07) is 11.3. The number of aryl methyl sites for hydroxylation is 1. The van der Waals surface area contributed by atoms with Gasteiger partial charge in [0, 0.05) is 81.3 Å². The van der Waals surface area contributed by atoms with Crippen LogP contribution in [0.25, 0.3) is 5.57 Å². The van der Waals surface area contributed by atoms with Crippen molar-refractivity contribution in [2.45, 2.75) is 82.7 Å². The number of imide groups is 2. The molecule has 67 heavy (non-hydrogen) atoms. The first kappa shape index (κ1) is 46.4.